The van der Waals surface area contributed by atoms with Crippen LogP contribution in [0.15, 0.2) is 10.6 Å². The number of rotatable bonds is 4. The van der Waals surface area contributed by atoms with E-state index in [0.717, 1.165) is 0 Å². The van der Waals surface area contributed by atoms with Gasteiger partial charge < -0.3 is 14.2 Å². The first-order valence-electron chi connectivity index (χ1n) is 2.89. The lowest BCUT2D eigenvalue weighted by molar-refractivity contribution is 0.254. The van der Waals surface area contributed by atoms with Gasteiger partial charge in [0.05, 0.1) is 13.1 Å². The van der Waals surface area contributed by atoms with E-state index in [1.165, 1.54) is 0 Å². The molecule has 4 nitrogen and oxygen atoms in total. The SMILES string of the molecule is OCc1cc(COPI)on1. The number of hydrogen-bond donors (Lipinski definition) is 1. The summed E-state index contributed by atoms with van der Waals surface area (Å²) in [5, 5.41) is 12.2. The molecule has 1 aromatic heterocycles. The Hall–Kier alpha value is 0.290. The Balaban J connectivity index is 2.44. The predicted octanol–water partition coefficient (Wildman–Crippen LogP) is 1.63. The molecule has 0 fully saturated rings. The second-order valence-electron chi connectivity index (χ2n) is 1.81. The van der Waals surface area contributed by atoms with E-state index in [4.69, 9.17) is 14.2 Å². The Morgan fingerprint density at radius 1 is 1.82 bits per heavy atom. The van der Waals surface area contributed by atoms with Gasteiger partial charge >= 0.3 is 0 Å². The first-order valence-corrected chi connectivity index (χ1v) is 6.92. The van der Waals surface area contributed by atoms with E-state index in [-0.39, 0.29) is 6.61 Å². The van der Waals surface area contributed by atoms with Crippen LogP contribution in [0.2, 0.25) is 0 Å². The van der Waals surface area contributed by atoms with Crippen molar-refractivity contribution in [3.8, 4) is 0 Å². The second kappa shape index (κ2) is 5.03. The number of hydrogen-bond acceptors (Lipinski definition) is 4. The van der Waals surface area contributed by atoms with Gasteiger partial charge in [0.1, 0.15) is 12.3 Å². The van der Waals surface area contributed by atoms with E-state index >= 15 is 0 Å². The highest BCUT2D eigenvalue weighted by Crippen LogP contribution is 2.23. The Morgan fingerprint density at radius 3 is 3.18 bits per heavy atom. The van der Waals surface area contributed by atoms with Crippen molar-refractivity contribution in [2.45, 2.75) is 13.2 Å². The molecular weight excluding hydrogens is 280 g/mol. The minimum atomic E-state index is -0.0873. The first kappa shape index (κ1) is 9.38. The van der Waals surface area contributed by atoms with Crippen LogP contribution in [-0.2, 0) is 17.7 Å². The number of halogens is 1. The van der Waals surface area contributed by atoms with E-state index in [1.807, 2.05) is 0 Å². The minimum Gasteiger partial charge on any atom is -0.390 e. The third-order valence-electron chi connectivity index (χ3n) is 1.04. The standard InChI is InChI=1S/C5H7INO3P/c6-11-9-3-5-1-4(2-8)7-10-5/h1,8,11H,2-3H2. The van der Waals surface area contributed by atoms with Gasteiger partial charge in [-0.15, -0.1) is 0 Å². The van der Waals surface area contributed by atoms with E-state index in [9.17, 15) is 0 Å². The van der Waals surface area contributed by atoms with Gasteiger partial charge in [-0.2, -0.15) is 0 Å². The molecule has 1 heterocycles. The predicted molar refractivity (Wildman–Crippen MR) is 49.5 cm³/mol. The summed E-state index contributed by atoms with van der Waals surface area (Å²) >= 11 is 2.12. The molecule has 1 atom stereocenters. The molecule has 0 saturated carbocycles. The average Bonchev–Trinajstić information content (AvgIpc) is 2.48. The third kappa shape index (κ3) is 3.02. The van der Waals surface area contributed by atoms with Crippen molar-refractivity contribution in [3.63, 3.8) is 0 Å². The maximum Gasteiger partial charge on any atom is 0.163 e. The average molecular weight is 287 g/mol. The maximum absolute atomic E-state index is 8.61. The Morgan fingerprint density at radius 2 is 2.64 bits per heavy atom. The lowest BCUT2D eigenvalue weighted by Gasteiger charge is -1.91. The summed E-state index contributed by atoms with van der Waals surface area (Å²) in [4.78, 5) is 0. The lowest BCUT2D eigenvalue weighted by Crippen LogP contribution is -1.80. The smallest absolute Gasteiger partial charge is 0.163 e. The van der Waals surface area contributed by atoms with Crippen molar-refractivity contribution in [2.75, 3.05) is 0 Å². The molecule has 0 aliphatic rings. The number of aliphatic hydroxyl groups excluding tert-OH is 1. The number of aromatic nitrogens is 1. The summed E-state index contributed by atoms with van der Waals surface area (Å²) < 4.78 is 9.90. The molecule has 62 valence electrons. The molecule has 1 aromatic rings. The van der Waals surface area contributed by atoms with Gasteiger partial charge in [0.25, 0.3) is 0 Å². The van der Waals surface area contributed by atoms with E-state index in [2.05, 4.69) is 27.2 Å². The minimum absolute atomic E-state index is 0.0873. The van der Waals surface area contributed by atoms with Crippen molar-refractivity contribution in [1.82, 2.24) is 5.16 Å². The molecule has 1 unspecified atom stereocenters. The third-order valence-corrected chi connectivity index (χ3v) is 2.23. The molecule has 0 aliphatic carbocycles. The lowest BCUT2D eigenvalue weighted by atomic mass is 10.4. The van der Waals surface area contributed by atoms with Gasteiger partial charge in [-0.1, -0.05) is 5.16 Å². The van der Waals surface area contributed by atoms with Gasteiger partial charge in [0.15, 0.2) is 5.76 Å². The van der Waals surface area contributed by atoms with Crippen LogP contribution in [0, 0.1) is 0 Å². The Kier molecular flexibility index (Phi) is 4.29. The van der Waals surface area contributed by atoms with Crippen LogP contribution in [0.4, 0.5) is 0 Å². The van der Waals surface area contributed by atoms with Crippen molar-refractivity contribution in [3.05, 3.63) is 17.5 Å². The van der Waals surface area contributed by atoms with Gasteiger partial charge in [-0.3, -0.25) is 0 Å². The van der Waals surface area contributed by atoms with E-state index < -0.39 is 0 Å². The zero-order valence-corrected chi connectivity index (χ0v) is 8.74. The molecule has 0 saturated heterocycles. The fraction of sp³-hybridized carbons (Fsp3) is 0.400. The van der Waals surface area contributed by atoms with Crippen molar-refractivity contribution < 1.29 is 14.2 Å². The molecule has 0 aliphatic heterocycles. The number of nitrogens with zero attached hydrogens (tertiary/aromatic N) is 1. The van der Waals surface area contributed by atoms with Crippen LogP contribution in [0.25, 0.3) is 0 Å². The zero-order valence-electron chi connectivity index (χ0n) is 5.58. The Labute approximate surface area is 78.6 Å². The highest BCUT2D eigenvalue weighted by Gasteiger charge is 2.01. The van der Waals surface area contributed by atoms with Crippen molar-refractivity contribution in [1.29, 1.82) is 0 Å². The summed E-state index contributed by atoms with van der Waals surface area (Å²) in [7, 11) is 0. The summed E-state index contributed by atoms with van der Waals surface area (Å²) in [6.07, 6.45) is 0. The number of aliphatic hydroxyl groups is 1. The van der Waals surface area contributed by atoms with Crippen LogP contribution in [0.5, 0.6) is 0 Å². The molecule has 11 heavy (non-hydrogen) atoms. The largest absolute Gasteiger partial charge is 0.390 e. The van der Waals surface area contributed by atoms with Crippen LogP contribution in [0.1, 0.15) is 11.5 Å². The van der Waals surface area contributed by atoms with Gasteiger partial charge in [0.2, 0.25) is 0 Å². The topological polar surface area (TPSA) is 55.5 Å². The van der Waals surface area contributed by atoms with Gasteiger partial charge in [-0.25, -0.2) is 0 Å². The zero-order chi connectivity index (χ0) is 8.10. The monoisotopic (exact) mass is 287 g/mol. The fourth-order valence-corrected chi connectivity index (χ4v) is 1.26. The molecule has 1 rings (SSSR count). The van der Waals surface area contributed by atoms with E-state index in [1.54, 1.807) is 6.07 Å². The summed E-state index contributed by atoms with van der Waals surface area (Å²) in [5.74, 6) is 0.651. The van der Waals surface area contributed by atoms with Crippen LogP contribution in [0.3, 0.4) is 0 Å². The highest BCUT2D eigenvalue weighted by atomic mass is 127. The van der Waals surface area contributed by atoms with Crippen molar-refractivity contribution >= 4 is 28.5 Å². The molecule has 0 bridgehead atoms. The summed E-state index contributed by atoms with van der Waals surface area (Å²) in [5.41, 5.74) is 0.542. The first-order chi connectivity index (χ1) is 5.36. The van der Waals surface area contributed by atoms with Gasteiger partial charge in [0, 0.05) is 6.07 Å². The van der Waals surface area contributed by atoms with Crippen LogP contribution < -0.4 is 0 Å². The quantitative estimate of drug-likeness (QED) is 0.675. The maximum atomic E-state index is 8.61. The molecule has 1 N–H and O–H groups in total. The molecule has 6 heteroatoms. The molecule has 0 amide bonds. The summed E-state index contributed by atoms with van der Waals surface area (Å²) in [6, 6.07) is 1.68. The molecular formula is C5H7INO3P. The molecule has 0 radical (unpaired) electrons. The Bertz CT molecular complexity index is 217. The second-order valence-corrected chi connectivity index (χ2v) is 3.57. The molecule has 0 aromatic carbocycles. The van der Waals surface area contributed by atoms with Gasteiger partial charge in [-0.05, 0) is 22.0 Å². The fourth-order valence-electron chi connectivity index (χ4n) is 0.597. The van der Waals surface area contributed by atoms with Crippen LogP contribution >= 0.6 is 28.5 Å². The summed E-state index contributed by atoms with van der Waals surface area (Å²) in [6.45, 7) is 0.751. The van der Waals surface area contributed by atoms with Crippen LogP contribution in [-0.4, -0.2) is 10.3 Å². The molecule has 0 spiro atoms. The van der Waals surface area contributed by atoms with E-state index in [0.29, 0.717) is 24.5 Å². The normalized spacial score (nSPS) is 11.5. The highest BCUT2D eigenvalue weighted by molar-refractivity contribution is 14.2. The van der Waals surface area contributed by atoms with Crippen molar-refractivity contribution in [2.24, 2.45) is 0 Å².